The molecule has 4 nitrogen and oxygen atoms in total. The molecule has 2 N–H and O–H groups in total. The Balaban J connectivity index is 3.15. The van der Waals surface area contributed by atoms with Crippen LogP contribution in [0, 0.1) is 0 Å². The molecular formula is C6H5N2O2. The van der Waals surface area contributed by atoms with Crippen LogP contribution in [0.4, 0.5) is 0 Å². The highest BCUT2D eigenvalue weighted by Crippen LogP contribution is 2.10. The summed E-state index contributed by atoms with van der Waals surface area (Å²) in [7, 11) is 0. The van der Waals surface area contributed by atoms with Gasteiger partial charge in [-0.1, -0.05) is 0 Å². The summed E-state index contributed by atoms with van der Waals surface area (Å²) in [6, 6.07) is 2.83. The second-order valence-electron chi connectivity index (χ2n) is 1.72. The molecule has 0 saturated heterocycles. The highest BCUT2D eigenvalue weighted by Gasteiger charge is 2.07. The Morgan fingerprint density at radius 2 is 2.30 bits per heavy atom. The zero-order chi connectivity index (χ0) is 7.56. The van der Waals surface area contributed by atoms with Crippen molar-refractivity contribution in [2.45, 2.75) is 0 Å². The molecule has 1 rings (SSSR count). The largest absolute Gasteiger partial charge is 0.365 e. The lowest BCUT2D eigenvalue weighted by molar-refractivity contribution is 0.0995. The molecule has 1 heterocycles. The molecule has 0 bridgehead atoms. The Labute approximate surface area is 57.3 Å². The number of amides is 1. The molecule has 0 spiro atoms. The normalized spacial score (nSPS) is 9.20. The van der Waals surface area contributed by atoms with Crippen molar-refractivity contribution in [2.75, 3.05) is 0 Å². The third kappa shape index (κ3) is 1.05. The highest BCUT2D eigenvalue weighted by molar-refractivity contribution is 5.94. The predicted molar refractivity (Wildman–Crippen MR) is 32.9 cm³/mol. The van der Waals surface area contributed by atoms with Gasteiger partial charge in [-0.05, 0) is 12.1 Å². The minimum absolute atomic E-state index is 0.0671. The monoisotopic (exact) mass is 137 g/mol. The maximum Gasteiger partial charge on any atom is 0.282 e. The number of rotatable bonds is 1. The van der Waals surface area contributed by atoms with Crippen LogP contribution in [0.5, 0.6) is 5.88 Å². The zero-order valence-electron chi connectivity index (χ0n) is 5.07. The van der Waals surface area contributed by atoms with E-state index in [2.05, 4.69) is 4.98 Å². The van der Waals surface area contributed by atoms with Gasteiger partial charge in [-0.2, -0.15) is 0 Å². The van der Waals surface area contributed by atoms with Gasteiger partial charge in [0.1, 0.15) is 5.56 Å². The van der Waals surface area contributed by atoms with Crippen LogP contribution in [0.25, 0.3) is 0 Å². The number of pyridine rings is 1. The van der Waals surface area contributed by atoms with Crippen LogP contribution < -0.4 is 5.73 Å². The topological polar surface area (TPSA) is 75.9 Å². The van der Waals surface area contributed by atoms with E-state index in [-0.39, 0.29) is 5.56 Å². The van der Waals surface area contributed by atoms with Gasteiger partial charge in [0.05, 0.1) is 0 Å². The van der Waals surface area contributed by atoms with Crippen molar-refractivity contribution in [3.8, 4) is 5.88 Å². The minimum Gasteiger partial charge on any atom is -0.365 e. The van der Waals surface area contributed by atoms with Crippen molar-refractivity contribution in [2.24, 2.45) is 5.73 Å². The molecule has 0 aromatic carbocycles. The van der Waals surface area contributed by atoms with Gasteiger partial charge >= 0.3 is 0 Å². The van der Waals surface area contributed by atoms with Gasteiger partial charge in [0.15, 0.2) is 0 Å². The van der Waals surface area contributed by atoms with E-state index in [0.717, 1.165) is 0 Å². The molecule has 10 heavy (non-hydrogen) atoms. The van der Waals surface area contributed by atoms with Gasteiger partial charge in [-0.15, -0.1) is 0 Å². The quantitative estimate of drug-likeness (QED) is 0.605. The Kier molecular flexibility index (Phi) is 1.53. The third-order valence-electron chi connectivity index (χ3n) is 1.04. The van der Waals surface area contributed by atoms with E-state index in [4.69, 9.17) is 5.73 Å². The van der Waals surface area contributed by atoms with Crippen molar-refractivity contribution in [1.82, 2.24) is 4.98 Å². The molecule has 0 saturated carbocycles. The van der Waals surface area contributed by atoms with E-state index in [1.54, 1.807) is 0 Å². The maximum absolute atomic E-state index is 10.6. The number of primary amides is 1. The number of nitrogens with zero attached hydrogens (tertiary/aromatic N) is 1. The van der Waals surface area contributed by atoms with Crippen LogP contribution >= 0.6 is 0 Å². The van der Waals surface area contributed by atoms with Crippen molar-refractivity contribution in [3.05, 3.63) is 23.9 Å². The van der Waals surface area contributed by atoms with Crippen molar-refractivity contribution >= 4 is 5.91 Å². The summed E-state index contributed by atoms with van der Waals surface area (Å²) in [5, 5.41) is 10.6. The molecule has 0 atom stereocenters. The first kappa shape index (κ1) is 6.54. The standard InChI is InChI=1S/C6H5N2O2/c7-5(9)4-2-1-3-8-6(4)10/h1-3H,(H2,7,9). The molecule has 0 aliphatic heterocycles. The zero-order valence-corrected chi connectivity index (χ0v) is 5.07. The van der Waals surface area contributed by atoms with Gasteiger partial charge in [0.2, 0.25) is 0 Å². The molecule has 0 aliphatic carbocycles. The maximum atomic E-state index is 10.6. The van der Waals surface area contributed by atoms with E-state index in [0.29, 0.717) is 0 Å². The highest BCUT2D eigenvalue weighted by atomic mass is 16.3. The van der Waals surface area contributed by atoms with Crippen LogP contribution in [0.1, 0.15) is 10.4 Å². The molecule has 0 unspecified atom stereocenters. The summed E-state index contributed by atoms with van der Waals surface area (Å²) in [4.78, 5) is 13.7. The number of aromatic nitrogens is 1. The van der Waals surface area contributed by atoms with Crippen LogP contribution in [-0.2, 0) is 5.11 Å². The molecule has 4 heteroatoms. The first-order valence-corrected chi connectivity index (χ1v) is 2.63. The molecule has 0 fully saturated rings. The van der Waals surface area contributed by atoms with Crippen molar-refractivity contribution in [1.29, 1.82) is 0 Å². The van der Waals surface area contributed by atoms with Gasteiger partial charge in [-0.3, -0.25) is 9.90 Å². The number of carbonyl (C=O) groups excluding carboxylic acids is 1. The first-order valence-electron chi connectivity index (χ1n) is 2.63. The Morgan fingerprint density at radius 1 is 1.60 bits per heavy atom. The number of carbonyl (C=O) groups is 1. The number of hydrogen-bond donors (Lipinski definition) is 1. The summed E-state index contributed by atoms with van der Waals surface area (Å²) in [6.45, 7) is 0. The van der Waals surface area contributed by atoms with Crippen LogP contribution in [0.2, 0.25) is 0 Å². The molecular weight excluding hydrogens is 132 g/mol. The van der Waals surface area contributed by atoms with E-state index >= 15 is 0 Å². The fourth-order valence-electron chi connectivity index (χ4n) is 0.578. The van der Waals surface area contributed by atoms with Crippen molar-refractivity contribution < 1.29 is 9.90 Å². The van der Waals surface area contributed by atoms with E-state index < -0.39 is 11.8 Å². The van der Waals surface area contributed by atoms with Crippen LogP contribution in [-0.4, -0.2) is 10.9 Å². The molecule has 1 amide bonds. The Morgan fingerprint density at radius 3 is 2.70 bits per heavy atom. The lowest BCUT2D eigenvalue weighted by Gasteiger charge is -1.92. The fraction of sp³-hybridized carbons (Fsp3) is 0. The van der Waals surface area contributed by atoms with Gasteiger partial charge in [0, 0.05) is 6.20 Å². The fourth-order valence-corrected chi connectivity index (χ4v) is 0.578. The minimum atomic E-state index is -0.738. The van der Waals surface area contributed by atoms with Gasteiger partial charge < -0.3 is 5.73 Å². The SMILES string of the molecule is NC(=O)c1cccnc1[O]. The van der Waals surface area contributed by atoms with E-state index in [1.807, 2.05) is 0 Å². The molecule has 51 valence electrons. The summed E-state index contributed by atoms with van der Waals surface area (Å²) >= 11 is 0. The summed E-state index contributed by atoms with van der Waals surface area (Å²) in [5.74, 6) is -1.31. The molecule has 1 radical (unpaired) electrons. The second kappa shape index (κ2) is 2.34. The Bertz CT molecular complexity index is 260. The summed E-state index contributed by atoms with van der Waals surface area (Å²) in [5.41, 5.74) is 4.77. The number of hydrogen-bond acceptors (Lipinski definition) is 2. The summed E-state index contributed by atoms with van der Waals surface area (Å²) < 4.78 is 0. The lowest BCUT2D eigenvalue weighted by atomic mass is 10.2. The average Bonchev–Trinajstić information content (AvgIpc) is 1.88. The third-order valence-corrected chi connectivity index (χ3v) is 1.04. The van der Waals surface area contributed by atoms with E-state index in [9.17, 15) is 9.90 Å². The number of nitrogens with two attached hydrogens (primary N) is 1. The van der Waals surface area contributed by atoms with Crippen LogP contribution in [0.3, 0.4) is 0 Å². The second-order valence-corrected chi connectivity index (χ2v) is 1.72. The van der Waals surface area contributed by atoms with E-state index in [1.165, 1.54) is 18.3 Å². The van der Waals surface area contributed by atoms with Crippen LogP contribution in [0.15, 0.2) is 18.3 Å². The lowest BCUT2D eigenvalue weighted by Crippen LogP contribution is -2.10. The molecule has 1 aromatic rings. The van der Waals surface area contributed by atoms with Gasteiger partial charge in [0.25, 0.3) is 11.8 Å². The molecule has 1 aromatic heterocycles. The molecule has 0 aliphatic rings. The smallest absolute Gasteiger partial charge is 0.282 e. The Hall–Kier alpha value is -1.58. The average molecular weight is 137 g/mol. The predicted octanol–water partition coefficient (Wildman–Crippen LogP) is 0.324. The summed E-state index contributed by atoms with van der Waals surface area (Å²) in [6.07, 6.45) is 1.31. The van der Waals surface area contributed by atoms with Gasteiger partial charge in [-0.25, -0.2) is 4.98 Å². The first-order chi connectivity index (χ1) is 4.72. The van der Waals surface area contributed by atoms with Crippen molar-refractivity contribution in [3.63, 3.8) is 0 Å².